The minimum Gasteiger partial charge on any atom is -0.391 e. The molecule has 0 aliphatic carbocycles. The van der Waals surface area contributed by atoms with Gasteiger partial charge in [0.2, 0.25) is 0 Å². The van der Waals surface area contributed by atoms with Crippen LogP contribution in [0.2, 0.25) is 0 Å². The molecule has 2 atom stereocenters. The molecule has 0 bridgehead atoms. The van der Waals surface area contributed by atoms with E-state index in [1.807, 2.05) is 0 Å². The van der Waals surface area contributed by atoms with Gasteiger partial charge in [-0.25, -0.2) is 0 Å². The smallest absolute Gasteiger partial charge is 0.391 e. The molecule has 1 fully saturated rings. The molecule has 1 aromatic carbocycles. The number of aliphatic hydroxyl groups is 1. The Hall–Kier alpha value is -2.35. The van der Waals surface area contributed by atoms with E-state index >= 15 is 0 Å². The van der Waals surface area contributed by atoms with Crippen LogP contribution in [0.4, 0.5) is 13.2 Å². The normalized spacial score (nSPS) is 21.7. The standard InChI is InChI=1S/C15H14F3N3O2/c16-15(17,18)11-3-1-2-9(4-11)13-5-12(22)8-21(13)14(23)10-6-19-20-7-10/h1-4,6-7,12-13,22H,5,8H2,(H,19,20)/t12-,13-/m0/s1. The first kappa shape index (κ1) is 15.5. The fourth-order valence-corrected chi connectivity index (χ4v) is 2.81. The minimum atomic E-state index is -4.45. The van der Waals surface area contributed by atoms with Crippen LogP contribution in [-0.2, 0) is 6.18 Å². The number of hydrogen-bond donors (Lipinski definition) is 2. The van der Waals surface area contributed by atoms with Gasteiger partial charge in [0.15, 0.2) is 0 Å². The molecule has 2 N–H and O–H groups in total. The Morgan fingerprint density at radius 1 is 1.39 bits per heavy atom. The van der Waals surface area contributed by atoms with Crippen LogP contribution in [0.25, 0.3) is 0 Å². The molecule has 2 heterocycles. The van der Waals surface area contributed by atoms with Crippen molar-refractivity contribution in [1.82, 2.24) is 15.1 Å². The fraction of sp³-hybridized carbons (Fsp3) is 0.333. The van der Waals surface area contributed by atoms with Crippen LogP contribution in [-0.4, -0.2) is 38.8 Å². The zero-order valence-electron chi connectivity index (χ0n) is 11.9. The van der Waals surface area contributed by atoms with E-state index in [1.54, 1.807) is 0 Å². The summed E-state index contributed by atoms with van der Waals surface area (Å²) in [5.74, 6) is -0.377. The highest BCUT2D eigenvalue weighted by Crippen LogP contribution is 2.36. The van der Waals surface area contributed by atoms with Crippen molar-refractivity contribution in [2.75, 3.05) is 6.54 Å². The SMILES string of the molecule is O=C(c1cn[nH]c1)N1C[C@@H](O)C[C@H]1c1cccc(C(F)(F)F)c1. The Balaban J connectivity index is 1.92. The zero-order chi connectivity index (χ0) is 16.6. The average Bonchev–Trinajstić information content (AvgIpc) is 3.15. The number of aromatic nitrogens is 2. The molecule has 8 heteroatoms. The second-order valence-electron chi connectivity index (χ2n) is 5.47. The number of alkyl halides is 3. The summed E-state index contributed by atoms with van der Waals surface area (Å²) in [5.41, 5.74) is -0.114. The third-order valence-electron chi connectivity index (χ3n) is 3.88. The van der Waals surface area contributed by atoms with Gasteiger partial charge >= 0.3 is 6.18 Å². The number of carbonyl (C=O) groups is 1. The molecule has 1 aliphatic heterocycles. The van der Waals surface area contributed by atoms with Crippen LogP contribution in [0.5, 0.6) is 0 Å². The quantitative estimate of drug-likeness (QED) is 0.891. The topological polar surface area (TPSA) is 69.2 Å². The van der Waals surface area contributed by atoms with Crippen LogP contribution >= 0.6 is 0 Å². The number of aromatic amines is 1. The highest BCUT2D eigenvalue weighted by Gasteiger charge is 2.37. The van der Waals surface area contributed by atoms with E-state index < -0.39 is 23.9 Å². The van der Waals surface area contributed by atoms with Crippen LogP contribution < -0.4 is 0 Å². The number of likely N-dealkylation sites (tertiary alicyclic amines) is 1. The minimum absolute atomic E-state index is 0.0743. The number of rotatable bonds is 2. The summed E-state index contributed by atoms with van der Waals surface area (Å²) in [6.45, 7) is 0.0743. The van der Waals surface area contributed by atoms with E-state index in [2.05, 4.69) is 10.2 Å². The first-order valence-corrected chi connectivity index (χ1v) is 7.01. The van der Waals surface area contributed by atoms with E-state index in [9.17, 15) is 23.1 Å². The number of carbonyl (C=O) groups excluding carboxylic acids is 1. The number of hydrogen-bond acceptors (Lipinski definition) is 3. The van der Waals surface area contributed by atoms with Crippen molar-refractivity contribution < 1.29 is 23.1 Å². The van der Waals surface area contributed by atoms with Gasteiger partial charge in [-0.3, -0.25) is 9.89 Å². The second kappa shape index (κ2) is 5.69. The average molecular weight is 325 g/mol. The monoisotopic (exact) mass is 325 g/mol. The second-order valence-corrected chi connectivity index (χ2v) is 5.47. The van der Waals surface area contributed by atoms with Gasteiger partial charge in [0.1, 0.15) is 0 Å². The number of H-pyrrole nitrogens is 1. The molecule has 1 saturated heterocycles. The van der Waals surface area contributed by atoms with E-state index in [4.69, 9.17) is 0 Å². The summed E-state index contributed by atoms with van der Waals surface area (Å²) in [7, 11) is 0. The Kier molecular flexibility index (Phi) is 3.85. The number of halogens is 3. The summed E-state index contributed by atoms with van der Waals surface area (Å²) >= 11 is 0. The number of nitrogens with one attached hydrogen (secondary N) is 1. The molecule has 122 valence electrons. The van der Waals surface area contributed by atoms with Crippen molar-refractivity contribution in [2.24, 2.45) is 0 Å². The summed E-state index contributed by atoms with van der Waals surface area (Å²) in [6.07, 6.45) is -2.27. The summed E-state index contributed by atoms with van der Waals surface area (Å²) in [6, 6.07) is 4.25. The predicted octanol–water partition coefficient (Wildman–Crippen LogP) is 2.38. The largest absolute Gasteiger partial charge is 0.416 e. The van der Waals surface area contributed by atoms with Crippen LogP contribution in [0, 0.1) is 0 Å². The van der Waals surface area contributed by atoms with Gasteiger partial charge in [-0.2, -0.15) is 18.3 Å². The Bertz CT molecular complexity index is 700. The summed E-state index contributed by atoms with van der Waals surface area (Å²) in [5, 5.41) is 16.1. The number of benzene rings is 1. The van der Waals surface area contributed by atoms with E-state index in [0.29, 0.717) is 11.1 Å². The van der Waals surface area contributed by atoms with Crippen molar-refractivity contribution in [3.63, 3.8) is 0 Å². The lowest BCUT2D eigenvalue weighted by molar-refractivity contribution is -0.137. The molecule has 0 saturated carbocycles. The fourth-order valence-electron chi connectivity index (χ4n) is 2.81. The molecule has 1 aliphatic rings. The van der Waals surface area contributed by atoms with E-state index in [-0.39, 0.29) is 18.9 Å². The van der Waals surface area contributed by atoms with Crippen molar-refractivity contribution >= 4 is 5.91 Å². The zero-order valence-corrected chi connectivity index (χ0v) is 11.9. The number of β-amino-alcohol motifs (C(OH)–C–C–N with tert-alkyl or cyclic N) is 1. The van der Waals surface area contributed by atoms with Gasteiger partial charge in [-0.15, -0.1) is 0 Å². The maximum atomic E-state index is 12.9. The molecule has 5 nitrogen and oxygen atoms in total. The number of amides is 1. The van der Waals surface area contributed by atoms with E-state index in [0.717, 1.165) is 12.1 Å². The van der Waals surface area contributed by atoms with E-state index in [1.165, 1.54) is 29.4 Å². The maximum Gasteiger partial charge on any atom is 0.416 e. The number of nitrogens with zero attached hydrogens (tertiary/aromatic N) is 2. The first-order valence-electron chi connectivity index (χ1n) is 7.01. The molecule has 1 aromatic heterocycles. The van der Waals surface area contributed by atoms with Gasteiger partial charge in [0, 0.05) is 12.7 Å². The molecule has 3 rings (SSSR count). The lowest BCUT2D eigenvalue weighted by Crippen LogP contribution is -2.31. The lowest BCUT2D eigenvalue weighted by Gasteiger charge is -2.24. The lowest BCUT2D eigenvalue weighted by atomic mass is 10.0. The third-order valence-corrected chi connectivity index (χ3v) is 3.88. The summed E-state index contributed by atoms with van der Waals surface area (Å²) in [4.78, 5) is 13.8. The Labute approximate surface area is 129 Å². The molecule has 0 radical (unpaired) electrons. The molecule has 1 amide bonds. The van der Waals surface area contributed by atoms with Crippen LogP contribution in [0.1, 0.15) is 33.9 Å². The first-order chi connectivity index (χ1) is 10.9. The Morgan fingerprint density at radius 3 is 2.83 bits per heavy atom. The highest BCUT2D eigenvalue weighted by atomic mass is 19.4. The van der Waals surface area contributed by atoms with Crippen molar-refractivity contribution in [1.29, 1.82) is 0 Å². The van der Waals surface area contributed by atoms with Crippen LogP contribution in [0.3, 0.4) is 0 Å². The highest BCUT2D eigenvalue weighted by molar-refractivity contribution is 5.94. The molecular formula is C15H14F3N3O2. The third kappa shape index (κ3) is 3.07. The van der Waals surface area contributed by atoms with Gasteiger partial charge in [-0.05, 0) is 24.1 Å². The summed E-state index contributed by atoms with van der Waals surface area (Å²) < 4.78 is 38.6. The molecule has 0 unspecified atom stereocenters. The molecule has 23 heavy (non-hydrogen) atoms. The van der Waals surface area contributed by atoms with Gasteiger partial charge in [0.25, 0.3) is 5.91 Å². The van der Waals surface area contributed by atoms with Gasteiger partial charge in [-0.1, -0.05) is 12.1 Å². The Morgan fingerprint density at radius 2 is 2.17 bits per heavy atom. The number of aliphatic hydroxyl groups excluding tert-OH is 1. The molecular weight excluding hydrogens is 311 g/mol. The predicted molar refractivity (Wildman–Crippen MR) is 74.4 cm³/mol. The van der Waals surface area contributed by atoms with Crippen LogP contribution in [0.15, 0.2) is 36.7 Å². The maximum absolute atomic E-state index is 12.9. The van der Waals surface area contributed by atoms with Crippen molar-refractivity contribution in [3.05, 3.63) is 53.3 Å². The van der Waals surface area contributed by atoms with Crippen molar-refractivity contribution in [2.45, 2.75) is 24.7 Å². The molecule has 2 aromatic rings. The molecule has 0 spiro atoms. The van der Waals surface area contributed by atoms with Gasteiger partial charge < -0.3 is 10.0 Å². The van der Waals surface area contributed by atoms with Gasteiger partial charge in [0.05, 0.1) is 29.5 Å². The van der Waals surface area contributed by atoms with Crippen molar-refractivity contribution in [3.8, 4) is 0 Å².